The summed E-state index contributed by atoms with van der Waals surface area (Å²) in [5.41, 5.74) is 0.859. The van der Waals surface area contributed by atoms with Gasteiger partial charge in [0.25, 0.3) is 0 Å². The molecule has 7 nitrogen and oxygen atoms in total. The number of amides is 1. The molecule has 1 amide bonds. The fraction of sp³-hybridized carbons (Fsp3) is 0.500. The highest BCUT2D eigenvalue weighted by Gasteiger charge is 2.21. The SMILES string of the molecule is CCc1nc2n(n1)CC(NCC(=O)NCc1ccccn1)CC2. The maximum atomic E-state index is 11.9. The zero-order chi connectivity index (χ0) is 16.1. The Kier molecular flexibility index (Phi) is 4.97. The summed E-state index contributed by atoms with van der Waals surface area (Å²) in [5, 5.41) is 10.7. The van der Waals surface area contributed by atoms with Crippen LogP contribution in [0.15, 0.2) is 24.4 Å². The van der Waals surface area contributed by atoms with Crippen molar-refractivity contribution in [2.75, 3.05) is 6.54 Å². The molecule has 1 aliphatic heterocycles. The van der Waals surface area contributed by atoms with Gasteiger partial charge in [0, 0.05) is 25.1 Å². The standard InChI is InChI=1S/C16H22N6O/c1-2-14-20-15-7-6-13(11-22(15)21-14)18-10-16(23)19-9-12-5-3-4-8-17-12/h3-5,8,13,18H,2,6-7,9-11H2,1H3,(H,19,23). The van der Waals surface area contributed by atoms with E-state index in [0.717, 1.165) is 43.1 Å². The normalized spacial score (nSPS) is 16.8. The summed E-state index contributed by atoms with van der Waals surface area (Å²) >= 11 is 0. The summed E-state index contributed by atoms with van der Waals surface area (Å²) in [6.07, 6.45) is 4.46. The van der Waals surface area contributed by atoms with Crippen molar-refractivity contribution in [2.24, 2.45) is 0 Å². The molecule has 1 unspecified atom stereocenters. The van der Waals surface area contributed by atoms with Gasteiger partial charge < -0.3 is 10.6 Å². The smallest absolute Gasteiger partial charge is 0.234 e. The largest absolute Gasteiger partial charge is 0.349 e. The van der Waals surface area contributed by atoms with Crippen molar-refractivity contribution in [1.82, 2.24) is 30.4 Å². The molecule has 2 N–H and O–H groups in total. The molecule has 0 spiro atoms. The molecule has 3 heterocycles. The number of nitrogens with zero attached hydrogens (tertiary/aromatic N) is 4. The van der Waals surface area contributed by atoms with E-state index in [9.17, 15) is 4.79 Å². The van der Waals surface area contributed by atoms with Crippen molar-refractivity contribution in [1.29, 1.82) is 0 Å². The van der Waals surface area contributed by atoms with E-state index in [1.54, 1.807) is 6.20 Å². The van der Waals surface area contributed by atoms with E-state index in [-0.39, 0.29) is 11.9 Å². The third-order valence-electron chi connectivity index (χ3n) is 3.96. The Bertz CT molecular complexity index is 654. The number of carbonyl (C=O) groups excluding carboxylic acids is 1. The molecule has 7 heteroatoms. The molecule has 0 aromatic carbocycles. The number of fused-ring (bicyclic) bond motifs is 1. The Morgan fingerprint density at radius 3 is 3.13 bits per heavy atom. The molecule has 0 saturated heterocycles. The van der Waals surface area contributed by atoms with Crippen LogP contribution < -0.4 is 10.6 Å². The van der Waals surface area contributed by atoms with Crippen molar-refractivity contribution < 1.29 is 4.79 Å². The summed E-state index contributed by atoms with van der Waals surface area (Å²) in [6.45, 7) is 3.60. The zero-order valence-corrected chi connectivity index (χ0v) is 13.3. The van der Waals surface area contributed by atoms with Crippen LogP contribution in [0.5, 0.6) is 0 Å². The lowest BCUT2D eigenvalue weighted by molar-refractivity contribution is -0.120. The highest BCUT2D eigenvalue weighted by Crippen LogP contribution is 2.13. The first-order valence-corrected chi connectivity index (χ1v) is 8.07. The fourth-order valence-corrected chi connectivity index (χ4v) is 2.67. The number of pyridine rings is 1. The molecular weight excluding hydrogens is 292 g/mol. The molecule has 0 saturated carbocycles. The van der Waals surface area contributed by atoms with E-state index < -0.39 is 0 Å². The van der Waals surface area contributed by atoms with Gasteiger partial charge in [-0.2, -0.15) is 5.10 Å². The minimum absolute atomic E-state index is 0.0192. The average Bonchev–Trinajstić information content (AvgIpc) is 3.01. The molecule has 3 rings (SSSR count). The number of aryl methyl sites for hydroxylation is 2. The first kappa shape index (κ1) is 15.6. The van der Waals surface area contributed by atoms with E-state index >= 15 is 0 Å². The quantitative estimate of drug-likeness (QED) is 0.809. The number of carbonyl (C=O) groups is 1. The van der Waals surface area contributed by atoms with Gasteiger partial charge >= 0.3 is 0 Å². The summed E-state index contributed by atoms with van der Waals surface area (Å²) in [6, 6.07) is 5.93. The summed E-state index contributed by atoms with van der Waals surface area (Å²) in [5.74, 6) is 1.93. The lowest BCUT2D eigenvalue weighted by Crippen LogP contribution is -2.43. The summed E-state index contributed by atoms with van der Waals surface area (Å²) in [7, 11) is 0. The van der Waals surface area contributed by atoms with Gasteiger partial charge in [-0.15, -0.1) is 0 Å². The number of nitrogens with one attached hydrogen (secondary N) is 2. The van der Waals surface area contributed by atoms with Crippen molar-refractivity contribution in [3.05, 3.63) is 41.7 Å². The highest BCUT2D eigenvalue weighted by atomic mass is 16.1. The molecule has 0 fully saturated rings. The molecule has 1 aliphatic rings. The van der Waals surface area contributed by atoms with Crippen LogP contribution in [-0.4, -0.2) is 38.2 Å². The third kappa shape index (κ3) is 4.13. The van der Waals surface area contributed by atoms with Crippen molar-refractivity contribution in [3.63, 3.8) is 0 Å². The van der Waals surface area contributed by atoms with E-state index in [2.05, 4.69) is 32.6 Å². The second-order valence-electron chi connectivity index (χ2n) is 5.69. The number of aromatic nitrogens is 4. The highest BCUT2D eigenvalue weighted by molar-refractivity contribution is 5.77. The van der Waals surface area contributed by atoms with Gasteiger partial charge in [0.05, 0.1) is 25.3 Å². The minimum Gasteiger partial charge on any atom is -0.349 e. The van der Waals surface area contributed by atoms with Gasteiger partial charge in [-0.05, 0) is 18.6 Å². The van der Waals surface area contributed by atoms with Gasteiger partial charge in [-0.3, -0.25) is 9.78 Å². The van der Waals surface area contributed by atoms with Crippen LogP contribution in [0.4, 0.5) is 0 Å². The van der Waals surface area contributed by atoms with Crippen LogP contribution in [0.3, 0.4) is 0 Å². The van der Waals surface area contributed by atoms with Crippen molar-refractivity contribution in [2.45, 2.75) is 45.3 Å². The molecular formula is C16H22N6O. The second-order valence-corrected chi connectivity index (χ2v) is 5.69. The monoisotopic (exact) mass is 314 g/mol. The molecule has 23 heavy (non-hydrogen) atoms. The lowest BCUT2D eigenvalue weighted by Gasteiger charge is -2.23. The van der Waals surface area contributed by atoms with Gasteiger partial charge in [0.15, 0.2) is 5.82 Å². The van der Waals surface area contributed by atoms with Crippen LogP contribution in [0.25, 0.3) is 0 Å². The molecule has 122 valence electrons. The van der Waals surface area contributed by atoms with E-state index in [1.165, 1.54) is 0 Å². The number of hydrogen-bond acceptors (Lipinski definition) is 5. The maximum absolute atomic E-state index is 11.9. The first-order chi connectivity index (χ1) is 11.2. The molecule has 0 bridgehead atoms. The van der Waals surface area contributed by atoms with Crippen molar-refractivity contribution >= 4 is 5.91 Å². The van der Waals surface area contributed by atoms with Crippen LogP contribution in [0.2, 0.25) is 0 Å². The molecule has 1 atom stereocenters. The maximum Gasteiger partial charge on any atom is 0.234 e. The van der Waals surface area contributed by atoms with Crippen molar-refractivity contribution in [3.8, 4) is 0 Å². The van der Waals surface area contributed by atoms with Gasteiger partial charge in [-0.1, -0.05) is 13.0 Å². The van der Waals surface area contributed by atoms with Gasteiger partial charge in [-0.25, -0.2) is 9.67 Å². The minimum atomic E-state index is -0.0192. The third-order valence-corrected chi connectivity index (χ3v) is 3.96. The number of rotatable bonds is 6. The van der Waals surface area contributed by atoms with Crippen LogP contribution in [0, 0.1) is 0 Å². The van der Waals surface area contributed by atoms with Crippen LogP contribution in [-0.2, 0) is 30.7 Å². The summed E-state index contributed by atoms with van der Waals surface area (Å²) < 4.78 is 1.96. The summed E-state index contributed by atoms with van der Waals surface area (Å²) in [4.78, 5) is 20.6. The Balaban J connectivity index is 1.43. The lowest BCUT2D eigenvalue weighted by atomic mass is 10.1. The van der Waals surface area contributed by atoms with E-state index in [4.69, 9.17) is 0 Å². The van der Waals surface area contributed by atoms with Gasteiger partial charge in [0.2, 0.25) is 5.91 Å². The predicted octanol–water partition coefficient (Wildman–Crippen LogP) is 0.456. The Labute approximate surface area is 135 Å². The molecule has 0 aliphatic carbocycles. The first-order valence-electron chi connectivity index (χ1n) is 8.07. The topological polar surface area (TPSA) is 84.7 Å². The average molecular weight is 314 g/mol. The van der Waals surface area contributed by atoms with Gasteiger partial charge in [0.1, 0.15) is 5.82 Å². The molecule has 2 aromatic rings. The van der Waals surface area contributed by atoms with Crippen LogP contribution in [0.1, 0.15) is 30.7 Å². The Morgan fingerprint density at radius 2 is 2.35 bits per heavy atom. The number of hydrogen-bond donors (Lipinski definition) is 2. The van der Waals surface area contributed by atoms with E-state index in [0.29, 0.717) is 13.1 Å². The predicted molar refractivity (Wildman–Crippen MR) is 85.6 cm³/mol. The zero-order valence-electron chi connectivity index (χ0n) is 13.3. The molecule has 0 radical (unpaired) electrons. The Morgan fingerprint density at radius 1 is 1.43 bits per heavy atom. The fourth-order valence-electron chi connectivity index (χ4n) is 2.67. The van der Waals surface area contributed by atoms with E-state index in [1.807, 2.05) is 22.9 Å². The van der Waals surface area contributed by atoms with Crippen LogP contribution >= 0.6 is 0 Å². The molecule has 2 aromatic heterocycles. The Hall–Kier alpha value is -2.28. The second kappa shape index (κ2) is 7.32.